The molecule has 2 fully saturated rings. The Morgan fingerprint density at radius 1 is 1.11 bits per heavy atom. The van der Waals surface area contributed by atoms with Crippen molar-refractivity contribution >= 4 is 15.7 Å². The SMILES string of the molecule is NCC1CCCCC1C(=O)N1CCCS(=O)(=O)CC1. The molecule has 19 heavy (non-hydrogen) atoms. The molecule has 1 saturated heterocycles. The van der Waals surface area contributed by atoms with Crippen LogP contribution in [-0.4, -0.2) is 50.4 Å². The van der Waals surface area contributed by atoms with E-state index in [2.05, 4.69) is 0 Å². The first-order valence-corrected chi connectivity index (χ1v) is 9.05. The molecule has 2 unspecified atom stereocenters. The Kier molecular flexibility index (Phi) is 4.84. The second-order valence-corrected chi connectivity index (χ2v) is 8.02. The minimum atomic E-state index is -2.95. The number of hydrogen-bond donors (Lipinski definition) is 1. The minimum absolute atomic E-state index is 0.0135. The van der Waals surface area contributed by atoms with Crippen molar-refractivity contribution in [2.24, 2.45) is 17.6 Å². The molecule has 1 saturated carbocycles. The number of amides is 1. The Morgan fingerprint density at radius 3 is 2.58 bits per heavy atom. The molecule has 5 nitrogen and oxygen atoms in total. The zero-order valence-corrected chi connectivity index (χ0v) is 12.2. The first-order valence-electron chi connectivity index (χ1n) is 7.23. The fourth-order valence-electron chi connectivity index (χ4n) is 3.21. The van der Waals surface area contributed by atoms with Crippen LogP contribution < -0.4 is 5.73 Å². The number of sulfone groups is 1. The Morgan fingerprint density at radius 2 is 1.84 bits per heavy atom. The standard InChI is InChI=1S/C13H24N2O3S/c14-10-11-4-1-2-5-12(11)13(16)15-6-3-8-19(17,18)9-7-15/h11-12H,1-10,14H2. The van der Waals surface area contributed by atoms with E-state index in [4.69, 9.17) is 5.73 Å². The maximum absolute atomic E-state index is 12.6. The van der Waals surface area contributed by atoms with E-state index in [9.17, 15) is 13.2 Å². The lowest BCUT2D eigenvalue weighted by molar-refractivity contribution is -0.138. The molecule has 0 aromatic carbocycles. The highest BCUT2D eigenvalue weighted by molar-refractivity contribution is 7.91. The number of nitrogens with zero attached hydrogens (tertiary/aromatic N) is 1. The molecule has 2 aliphatic rings. The van der Waals surface area contributed by atoms with Crippen molar-refractivity contribution in [3.63, 3.8) is 0 Å². The fourth-order valence-corrected chi connectivity index (χ4v) is 4.48. The first-order chi connectivity index (χ1) is 9.03. The summed E-state index contributed by atoms with van der Waals surface area (Å²) in [4.78, 5) is 14.3. The Bertz CT molecular complexity index is 422. The summed E-state index contributed by atoms with van der Waals surface area (Å²) in [6.07, 6.45) is 4.73. The summed E-state index contributed by atoms with van der Waals surface area (Å²) < 4.78 is 23.2. The third kappa shape index (κ3) is 3.69. The third-order valence-corrected chi connectivity index (χ3v) is 6.11. The molecular weight excluding hydrogens is 264 g/mol. The largest absolute Gasteiger partial charge is 0.341 e. The molecule has 0 spiro atoms. The van der Waals surface area contributed by atoms with E-state index in [1.807, 2.05) is 0 Å². The normalized spacial score (nSPS) is 31.7. The van der Waals surface area contributed by atoms with Gasteiger partial charge in [0.1, 0.15) is 0 Å². The van der Waals surface area contributed by atoms with E-state index in [0.29, 0.717) is 26.1 Å². The lowest BCUT2D eigenvalue weighted by Crippen LogP contribution is -2.43. The number of rotatable bonds is 2. The van der Waals surface area contributed by atoms with Gasteiger partial charge in [-0.3, -0.25) is 4.79 Å². The summed E-state index contributed by atoms with van der Waals surface area (Å²) >= 11 is 0. The summed E-state index contributed by atoms with van der Waals surface area (Å²) in [5, 5.41) is 0. The molecule has 2 rings (SSSR count). The summed E-state index contributed by atoms with van der Waals surface area (Å²) in [5.41, 5.74) is 5.77. The van der Waals surface area contributed by atoms with Gasteiger partial charge < -0.3 is 10.6 Å². The summed E-state index contributed by atoms with van der Waals surface area (Å²) in [5.74, 6) is 0.744. The van der Waals surface area contributed by atoms with Gasteiger partial charge >= 0.3 is 0 Å². The third-order valence-electron chi connectivity index (χ3n) is 4.40. The lowest BCUT2D eigenvalue weighted by Gasteiger charge is -2.33. The molecule has 2 N–H and O–H groups in total. The second kappa shape index (κ2) is 6.22. The zero-order valence-electron chi connectivity index (χ0n) is 11.4. The topological polar surface area (TPSA) is 80.5 Å². The summed E-state index contributed by atoms with van der Waals surface area (Å²) in [7, 11) is -2.95. The minimum Gasteiger partial charge on any atom is -0.341 e. The quantitative estimate of drug-likeness (QED) is 0.797. The van der Waals surface area contributed by atoms with Gasteiger partial charge in [0, 0.05) is 19.0 Å². The van der Waals surface area contributed by atoms with Crippen LogP contribution in [0.15, 0.2) is 0 Å². The van der Waals surface area contributed by atoms with Gasteiger partial charge in [-0.1, -0.05) is 12.8 Å². The number of hydrogen-bond acceptors (Lipinski definition) is 4. The van der Waals surface area contributed by atoms with Crippen molar-refractivity contribution in [1.82, 2.24) is 4.90 Å². The van der Waals surface area contributed by atoms with Gasteiger partial charge in [-0.15, -0.1) is 0 Å². The molecule has 0 aromatic heterocycles. The van der Waals surface area contributed by atoms with E-state index in [1.54, 1.807) is 4.90 Å². The molecule has 2 atom stereocenters. The van der Waals surface area contributed by atoms with E-state index < -0.39 is 9.84 Å². The van der Waals surface area contributed by atoms with Crippen LogP contribution in [0.1, 0.15) is 32.1 Å². The van der Waals surface area contributed by atoms with Gasteiger partial charge in [0.2, 0.25) is 5.91 Å². The van der Waals surface area contributed by atoms with E-state index in [0.717, 1.165) is 25.7 Å². The average molecular weight is 288 g/mol. The van der Waals surface area contributed by atoms with Crippen LogP contribution in [0.2, 0.25) is 0 Å². The first kappa shape index (κ1) is 14.8. The van der Waals surface area contributed by atoms with Crippen molar-refractivity contribution < 1.29 is 13.2 Å². The van der Waals surface area contributed by atoms with Crippen molar-refractivity contribution in [3.8, 4) is 0 Å². The molecule has 110 valence electrons. The Labute approximate surface area is 115 Å². The molecule has 0 radical (unpaired) electrons. The van der Waals surface area contributed by atoms with Gasteiger partial charge in [0.05, 0.1) is 11.5 Å². The van der Waals surface area contributed by atoms with E-state index in [-0.39, 0.29) is 29.2 Å². The number of nitrogens with two attached hydrogens (primary N) is 1. The van der Waals surface area contributed by atoms with Crippen LogP contribution in [-0.2, 0) is 14.6 Å². The number of carbonyl (C=O) groups is 1. The summed E-state index contributed by atoms with van der Waals surface area (Å²) in [6.45, 7) is 1.49. The highest BCUT2D eigenvalue weighted by Crippen LogP contribution is 2.31. The number of carbonyl (C=O) groups excluding carboxylic acids is 1. The van der Waals surface area contributed by atoms with Crippen molar-refractivity contribution in [2.75, 3.05) is 31.1 Å². The van der Waals surface area contributed by atoms with Crippen LogP contribution >= 0.6 is 0 Å². The van der Waals surface area contributed by atoms with Gasteiger partial charge in [-0.05, 0) is 31.7 Å². The predicted octanol–water partition coefficient (Wildman–Crippen LogP) is 0.399. The monoisotopic (exact) mass is 288 g/mol. The second-order valence-electron chi connectivity index (χ2n) is 5.72. The van der Waals surface area contributed by atoms with Gasteiger partial charge in [0.15, 0.2) is 9.84 Å². The van der Waals surface area contributed by atoms with Crippen molar-refractivity contribution in [2.45, 2.75) is 32.1 Å². The highest BCUT2D eigenvalue weighted by Gasteiger charge is 2.34. The molecule has 1 aliphatic carbocycles. The molecule has 1 aliphatic heterocycles. The van der Waals surface area contributed by atoms with E-state index >= 15 is 0 Å². The lowest BCUT2D eigenvalue weighted by atomic mass is 9.78. The smallest absolute Gasteiger partial charge is 0.226 e. The average Bonchev–Trinajstić information content (AvgIpc) is 2.59. The predicted molar refractivity (Wildman–Crippen MR) is 74.4 cm³/mol. The molecule has 0 bridgehead atoms. The van der Waals surface area contributed by atoms with Crippen molar-refractivity contribution in [3.05, 3.63) is 0 Å². The van der Waals surface area contributed by atoms with Crippen LogP contribution in [0.3, 0.4) is 0 Å². The van der Waals surface area contributed by atoms with Gasteiger partial charge in [-0.2, -0.15) is 0 Å². The molecule has 6 heteroatoms. The maximum atomic E-state index is 12.6. The Balaban J connectivity index is 2.02. The molecule has 0 aromatic rings. The van der Waals surface area contributed by atoms with Gasteiger partial charge in [0.25, 0.3) is 0 Å². The zero-order chi connectivity index (χ0) is 13.9. The molecule has 1 heterocycles. The van der Waals surface area contributed by atoms with Crippen molar-refractivity contribution in [1.29, 1.82) is 0 Å². The summed E-state index contributed by atoms with van der Waals surface area (Å²) in [6, 6.07) is 0. The van der Waals surface area contributed by atoms with Crippen LogP contribution in [0.25, 0.3) is 0 Å². The van der Waals surface area contributed by atoms with Crippen LogP contribution in [0, 0.1) is 11.8 Å². The maximum Gasteiger partial charge on any atom is 0.226 e. The van der Waals surface area contributed by atoms with Crippen LogP contribution in [0.4, 0.5) is 0 Å². The van der Waals surface area contributed by atoms with Crippen LogP contribution in [0.5, 0.6) is 0 Å². The molecular formula is C13H24N2O3S. The fraction of sp³-hybridized carbons (Fsp3) is 0.923. The highest BCUT2D eigenvalue weighted by atomic mass is 32.2. The van der Waals surface area contributed by atoms with Gasteiger partial charge in [-0.25, -0.2) is 8.42 Å². The molecule has 1 amide bonds. The van der Waals surface area contributed by atoms with E-state index in [1.165, 1.54) is 0 Å². The Hall–Kier alpha value is -0.620.